The first-order chi connectivity index (χ1) is 7.52. The zero-order valence-corrected chi connectivity index (χ0v) is 8.86. The Kier molecular flexibility index (Phi) is 3.82. The van der Waals surface area contributed by atoms with Crippen LogP contribution in [0.25, 0.3) is 0 Å². The van der Waals surface area contributed by atoms with Crippen LogP contribution < -0.4 is 10.9 Å². The van der Waals surface area contributed by atoms with E-state index in [2.05, 4.69) is 21.9 Å². The minimum absolute atomic E-state index is 0.246. The van der Waals surface area contributed by atoms with E-state index in [4.69, 9.17) is 5.11 Å². The van der Waals surface area contributed by atoms with Gasteiger partial charge in [-0.05, 0) is 13.3 Å². The Labute approximate surface area is 92.0 Å². The molecule has 0 spiro atoms. The average Bonchev–Trinajstić information content (AvgIpc) is 2.15. The number of carboxylic acid groups (broad SMARTS) is 1. The van der Waals surface area contributed by atoms with Crippen molar-refractivity contribution in [1.82, 2.24) is 9.97 Å². The summed E-state index contributed by atoms with van der Waals surface area (Å²) in [5, 5.41) is 11.5. The molecule has 0 aliphatic carbocycles. The lowest BCUT2D eigenvalue weighted by atomic mass is 10.2. The summed E-state index contributed by atoms with van der Waals surface area (Å²) < 4.78 is 0. The first-order valence-electron chi connectivity index (χ1n) is 4.71. The van der Waals surface area contributed by atoms with Crippen molar-refractivity contribution in [2.45, 2.75) is 19.4 Å². The Bertz CT molecular complexity index is 453. The van der Waals surface area contributed by atoms with Gasteiger partial charge in [0.05, 0.1) is 0 Å². The van der Waals surface area contributed by atoms with E-state index >= 15 is 0 Å². The molecule has 0 aliphatic heterocycles. The number of rotatable bonds is 5. The van der Waals surface area contributed by atoms with Crippen molar-refractivity contribution in [3.8, 4) is 0 Å². The minimum Gasteiger partial charge on any atom is -0.480 e. The highest BCUT2D eigenvalue weighted by atomic mass is 16.4. The Hall–Kier alpha value is -2.11. The highest BCUT2D eigenvalue weighted by Gasteiger charge is 2.15. The van der Waals surface area contributed by atoms with Gasteiger partial charge >= 0.3 is 5.97 Å². The monoisotopic (exact) mass is 223 g/mol. The number of hydrogen-bond donors (Lipinski definition) is 3. The molecule has 6 heteroatoms. The molecule has 0 bridgehead atoms. The van der Waals surface area contributed by atoms with Gasteiger partial charge in [0, 0.05) is 6.07 Å². The average molecular weight is 223 g/mol. The van der Waals surface area contributed by atoms with Crippen molar-refractivity contribution < 1.29 is 9.90 Å². The predicted molar refractivity (Wildman–Crippen MR) is 59.5 cm³/mol. The summed E-state index contributed by atoms with van der Waals surface area (Å²) in [7, 11) is 0. The van der Waals surface area contributed by atoms with E-state index in [1.807, 2.05) is 0 Å². The number of nitrogens with zero attached hydrogens (tertiary/aromatic N) is 1. The van der Waals surface area contributed by atoms with Gasteiger partial charge in [0.25, 0.3) is 5.56 Å². The molecule has 0 saturated carbocycles. The summed E-state index contributed by atoms with van der Waals surface area (Å²) >= 11 is 0. The number of anilines is 1. The quantitative estimate of drug-likeness (QED) is 0.632. The Morgan fingerprint density at radius 1 is 1.81 bits per heavy atom. The summed E-state index contributed by atoms with van der Waals surface area (Å²) in [6, 6.07) is 0.387. The fourth-order valence-corrected chi connectivity index (χ4v) is 1.22. The van der Waals surface area contributed by atoms with Crippen LogP contribution in [0.2, 0.25) is 0 Å². The van der Waals surface area contributed by atoms with Crippen molar-refractivity contribution in [2.24, 2.45) is 0 Å². The molecular weight excluding hydrogens is 210 g/mol. The van der Waals surface area contributed by atoms with Gasteiger partial charge in [0.2, 0.25) is 0 Å². The lowest BCUT2D eigenvalue weighted by molar-refractivity contribution is -0.137. The van der Waals surface area contributed by atoms with E-state index < -0.39 is 12.0 Å². The SMILES string of the molecule is C=CCC(Nc1cc(=O)[nH]c(C)n1)C(=O)O. The maximum atomic E-state index is 11.1. The van der Waals surface area contributed by atoms with E-state index in [1.165, 1.54) is 12.1 Å². The molecule has 0 aliphatic rings. The summed E-state index contributed by atoms with van der Waals surface area (Å²) in [6.07, 6.45) is 1.74. The van der Waals surface area contributed by atoms with Gasteiger partial charge in [-0.1, -0.05) is 6.08 Å². The second-order valence-electron chi connectivity index (χ2n) is 3.28. The van der Waals surface area contributed by atoms with Crippen LogP contribution in [0.5, 0.6) is 0 Å². The fraction of sp³-hybridized carbons (Fsp3) is 0.300. The van der Waals surface area contributed by atoms with E-state index in [0.717, 1.165) is 0 Å². The molecule has 0 fully saturated rings. The van der Waals surface area contributed by atoms with Gasteiger partial charge in [-0.15, -0.1) is 6.58 Å². The zero-order chi connectivity index (χ0) is 12.1. The second kappa shape index (κ2) is 5.11. The Morgan fingerprint density at radius 3 is 3.00 bits per heavy atom. The van der Waals surface area contributed by atoms with Gasteiger partial charge < -0.3 is 15.4 Å². The van der Waals surface area contributed by atoms with Crippen LogP contribution in [0.3, 0.4) is 0 Å². The molecule has 1 atom stereocenters. The van der Waals surface area contributed by atoms with E-state index in [-0.39, 0.29) is 17.8 Å². The number of carboxylic acids is 1. The Balaban J connectivity index is 2.88. The van der Waals surface area contributed by atoms with Gasteiger partial charge in [0.15, 0.2) is 0 Å². The highest BCUT2D eigenvalue weighted by Crippen LogP contribution is 2.04. The maximum absolute atomic E-state index is 11.1. The number of hydrogen-bond acceptors (Lipinski definition) is 4. The van der Waals surface area contributed by atoms with Crippen molar-refractivity contribution in [2.75, 3.05) is 5.32 Å². The summed E-state index contributed by atoms with van der Waals surface area (Å²) in [5.41, 5.74) is -0.322. The van der Waals surface area contributed by atoms with Crippen molar-refractivity contribution >= 4 is 11.8 Å². The fourth-order valence-electron chi connectivity index (χ4n) is 1.22. The number of aromatic nitrogens is 2. The molecule has 1 aromatic rings. The molecule has 6 nitrogen and oxygen atoms in total. The summed E-state index contributed by atoms with van der Waals surface area (Å²) in [6.45, 7) is 5.09. The number of aromatic amines is 1. The van der Waals surface area contributed by atoms with Gasteiger partial charge in [0.1, 0.15) is 17.7 Å². The van der Waals surface area contributed by atoms with Crippen molar-refractivity contribution in [3.63, 3.8) is 0 Å². The maximum Gasteiger partial charge on any atom is 0.326 e. The molecule has 1 heterocycles. The predicted octanol–water partition coefficient (Wildman–Crippen LogP) is 0.520. The van der Waals surface area contributed by atoms with Gasteiger partial charge in [-0.2, -0.15) is 0 Å². The van der Waals surface area contributed by atoms with Gasteiger partial charge in [-0.25, -0.2) is 9.78 Å². The largest absolute Gasteiger partial charge is 0.480 e. The van der Waals surface area contributed by atoms with Crippen LogP contribution in [-0.2, 0) is 4.79 Å². The lowest BCUT2D eigenvalue weighted by Crippen LogP contribution is -2.29. The van der Waals surface area contributed by atoms with Crippen LogP contribution in [-0.4, -0.2) is 27.1 Å². The molecule has 1 rings (SSSR count). The lowest BCUT2D eigenvalue weighted by Gasteiger charge is -2.12. The van der Waals surface area contributed by atoms with Crippen LogP contribution >= 0.6 is 0 Å². The molecule has 86 valence electrons. The standard InChI is InChI=1S/C10H13N3O3/c1-3-4-7(10(15)16)13-8-5-9(14)12-6(2)11-8/h3,5,7H,1,4H2,2H3,(H,15,16)(H2,11,12,13,14). The van der Waals surface area contributed by atoms with E-state index in [0.29, 0.717) is 5.82 Å². The molecule has 1 aromatic heterocycles. The number of aliphatic carboxylic acids is 1. The topological polar surface area (TPSA) is 95.1 Å². The molecule has 3 N–H and O–H groups in total. The van der Waals surface area contributed by atoms with Gasteiger partial charge in [-0.3, -0.25) is 4.79 Å². The summed E-state index contributed by atoms with van der Waals surface area (Å²) in [4.78, 5) is 28.4. The minimum atomic E-state index is -1.01. The number of aryl methyl sites for hydroxylation is 1. The number of H-pyrrole nitrogens is 1. The van der Waals surface area contributed by atoms with Crippen LogP contribution in [0, 0.1) is 6.92 Å². The normalized spacial score (nSPS) is 11.8. The first-order valence-corrected chi connectivity index (χ1v) is 4.71. The Morgan fingerprint density at radius 2 is 2.50 bits per heavy atom. The van der Waals surface area contributed by atoms with Crippen LogP contribution in [0.4, 0.5) is 5.82 Å². The molecular formula is C10H13N3O3. The molecule has 16 heavy (non-hydrogen) atoms. The zero-order valence-electron chi connectivity index (χ0n) is 8.86. The number of nitrogens with one attached hydrogen (secondary N) is 2. The van der Waals surface area contributed by atoms with E-state index in [9.17, 15) is 9.59 Å². The first kappa shape index (κ1) is 12.0. The third-order valence-corrected chi connectivity index (χ3v) is 1.88. The molecule has 0 saturated heterocycles. The molecule has 0 amide bonds. The van der Waals surface area contributed by atoms with Crippen LogP contribution in [0.15, 0.2) is 23.5 Å². The van der Waals surface area contributed by atoms with Crippen molar-refractivity contribution in [1.29, 1.82) is 0 Å². The van der Waals surface area contributed by atoms with E-state index in [1.54, 1.807) is 6.92 Å². The third-order valence-electron chi connectivity index (χ3n) is 1.88. The molecule has 0 radical (unpaired) electrons. The smallest absolute Gasteiger partial charge is 0.326 e. The van der Waals surface area contributed by atoms with Crippen LogP contribution in [0.1, 0.15) is 12.2 Å². The van der Waals surface area contributed by atoms with Crippen molar-refractivity contribution in [3.05, 3.63) is 34.9 Å². The highest BCUT2D eigenvalue weighted by molar-refractivity contribution is 5.77. The molecule has 1 unspecified atom stereocenters. The third kappa shape index (κ3) is 3.23. The summed E-state index contributed by atoms with van der Waals surface area (Å²) in [5.74, 6) is -0.340. The second-order valence-corrected chi connectivity index (χ2v) is 3.28. The molecule has 0 aromatic carbocycles. The number of carbonyl (C=O) groups is 1.